The molecule has 0 radical (unpaired) electrons. The van der Waals surface area contributed by atoms with Gasteiger partial charge >= 0.3 is 5.69 Å². The second-order valence-corrected chi connectivity index (χ2v) is 2.25. The maximum absolute atomic E-state index is 10.3. The molecular weight excluding hydrogens is 176 g/mol. The highest BCUT2D eigenvalue weighted by molar-refractivity contribution is 5.80. The van der Waals surface area contributed by atoms with Crippen molar-refractivity contribution in [1.29, 1.82) is 0 Å². The van der Waals surface area contributed by atoms with E-state index >= 15 is 0 Å². The molecule has 0 saturated heterocycles. The molecule has 1 rings (SSSR count). The highest BCUT2D eigenvalue weighted by atomic mass is 16.6. The number of nitro benzene ring substituents is 1. The van der Waals surface area contributed by atoms with Gasteiger partial charge in [0.1, 0.15) is 0 Å². The standard InChI is InChI=1S/C7H6N2O4/c10-7-2-1-5(4-8-11)3-6(7)9(12)13/h1-4,10-11H/b8-4-. The van der Waals surface area contributed by atoms with E-state index in [1.165, 1.54) is 6.07 Å². The number of hydrogen-bond acceptors (Lipinski definition) is 5. The molecule has 0 aliphatic carbocycles. The minimum atomic E-state index is -0.718. The van der Waals surface area contributed by atoms with Crippen LogP contribution in [0.2, 0.25) is 0 Å². The number of oxime groups is 1. The van der Waals surface area contributed by atoms with Gasteiger partial charge in [-0.15, -0.1) is 0 Å². The molecule has 0 heterocycles. The molecule has 0 spiro atoms. The van der Waals surface area contributed by atoms with Crippen LogP contribution in [0.25, 0.3) is 0 Å². The number of phenolic OH excluding ortho intramolecular Hbond substituents is 1. The summed E-state index contributed by atoms with van der Waals surface area (Å²) < 4.78 is 0. The molecule has 0 aromatic heterocycles. The van der Waals surface area contributed by atoms with Crippen LogP contribution < -0.4 is 0 Å². The van der Waals surface area contributed by atoms with E-state index in [0.717, 1.165) is 18.3 Å². The fourth-order valence-electron chi connectivity index (χ4n) is 0.834. The van der Waals surface area contributed by atoms with Crippen molar-refractivity contribution in [2.45, 2.75) is 0 Å². The zero-order valence-electron chi connectivity index (χ0n) is 6.41. The predicted molar refractivity (Wildman–Crippen MR) is 44.1 cm³/mol. The number of nitro groups is 1. The molecule has 2 N–H and O–H groups in total. The molecule has 0 amide bonds. The van der Waals surface area contributed by atoms with E-state index in [1.807, 2.05) is 0 Å². The molecule has 0 fully saturated rings. The fourth-order valence-corrected chi connectivity index (χ4v) is 0.834. The third kappa shape index (κ3) is 1.92. The van der Waals surface area contributed by atoms with Gasteiger partial charge in [-0.25, -0.2) is 0 Å². The van der Waals surface area contributed by atoms with Crippen LogP contribution in [0.4, 0.5) is 5.69 Å². The van der Waals surface area contributed by atoms with E-state index in [1.54, 1.807) is 0 Å². The molecule has 13 heavy (non-hydrogen) atoms. The lowest BCUT2D eigenvalue weighted by molar-refractivity contribution is -0.385. The summed E-state index contributed by atoms with van der Waals surface area (Å²) in [5.74, 6) is -0.417. The Balaban J connectivity index is 3.18. The average Bonchev–Trinajstić information content (AvgIpc) is 2.08. The van der Waals surface area contributed by atoms with Gasteiger partial charge in [0.25, 0.3) is 0 Å². The molecule has 1 aromatic rings. The van der Waals surface area contributed by atoms with Gasteiger partial charge < -0.3 is 10.3 Å². The Hall–Kier alpha value is -2.11. The predicted octanol–water partition coefficient (Wildman–Crippen LogP) is 1.11. The van der Waals surface area contributed by atoms with Crippen LogP contribution in [0.1, 0.15) is 5.56 Å². The van der Waals surface area contributed by atoms with Crippen molar-refractivity contribution in [1.82, 2.24) is 0 Å². The van der Waals surface area contributed by atoms with E-state index in [0.29, 0.717) is 5.56 Å². The van der Waals surface area contributed by atoms with E-state index < -0.39 is 16.4 Å². The highest BCUT2D eigenvalue weighted by Crippen LogP contribution is 2.25. The average molecular weight is 182 g/mol. The first-order valence-electron chi connectivity index (χ1n) is 3.30. The molecule has 0 unspecified atom stereocenters. The summed E-state index contributed by atoms with van der Waals surface area (Å²) in [6, 6.07) is 3.66. The Bertz CT molecular complexity index is 362. The summed E-state index contributed by atoms with van der Waals surface area (Å²) in [4.78, 5) is 9.60. The summed E-state index contributed by atoms with van der Waals surface area (Å²) in [5, 5.41) is 30.2. The van der Waals surface area contributed by atoms with Crippen molar-refractivity contribution < 1.29 is 15.2 Å². The Kier molecular flexibility index (Phi) is 2.44. The van der Waals surface area contributed by atoms with Crippen molar-refractivity contribution in [2.24, 2.45) is 5.16 Å². The molecule has 0 saturated carbocycles. The van der Waals surface area contributed by atoms with Gasteiger partial charge in [-0.2, -0.15) is 0 Å². The van der Waals surface area contributed by atoms with Crippen molar-refractivity contribution in [3.8, 4) is 5.75 Å². The van der Waals surface area contributed by atoms with Crippen molar-refractivity contribution in [2.75, 3.05) is 0 Å². The summed E-state index contributed by atoms with van der Waals surface area (Å²) in [6.07, 6.45) is 1.03. The SMILES string of the molecule is O=[N+]([O-])c1cc(/C=N\O)ccc1O. The van der Waals surface area contributed by atoms with Crippen LogP contribution in [0, 0.1) is 10.1 Å². The second-order valence-electron chi connectivity index (χ2n) is 2.25. The van der Waals surface area contributed by atoms with Crippen molar-refractivity contribution in [3.63, 3.8) is 0 Å². The molecular formula is C7H6N2O4. The van der Waals surface area contributed by atoms with Crippen molar-refractivity contribution >= 4 is 11.9 Å². The summed E-state index contributed by atoms with van der Waals surface area (Å²) >= 11 is 0. The first-order valence-corrected chi connectivity index (χ1v) is 3.30. The number of phenols is 1. The lowest BCUT2D eigenvalue weighted by atomic mass is 10.2. The monoisotopic (exact) mass is 182 g/mol. The number of hydrogen-bond donors (Lipinski definition) is 2. The molecule has 0 aliphatic heterocycles. The van der Waals surface area contributed by atoms with Crippen LogP contribution in [0.5, 0.6) is 5.75 Å². The zero-order valence-corrected chi connectivity index (χ0v) is 6.41. The lowest BCUT2D eigenvalue weighted by Gasteiger charge is -1.95. The van der Waals surface area contributed by atoms with Crippen LogP contribution >= 0.6 is 0 Å². The van der Waals surface area contributed by atoms with Crippen LogP contribution in [-0.2, 0) is 0 Å². The number of nitrogens with zero attached hydrogens (tertiary/aromatic N) is 2. The Morgan fingerprint density at radius 1 is 1.54 bits per heavy atom. The molecule has 0 bridgehead atoms. The fraction of sp³-hybridized carbons (Fsp3) is 0. The molecule has 0 aliphatic rings. The van der Waals surface area contributed by atoms with Crippen LogP contribution in [-0.4, -0.2) is 21.5 Å². The second kappa shape index (κ2) is 3.53. The quantitative estimate of drug-likeness (QED) is 0.310. The molecule has 68 valence electrons. The van der Waals surface area contributed by atoms with Gasteiger partial charge in [0.15, 0.2) is 5.75 Å². The number of benzene rings is 1. The minimum Gasteiger partial charge on any atom is -0.502 e. The van der Waals surface area contributed by atoms with E-state index in [9.17, 15) is 10.1 Å². The normalized spacial score (nSPS) is 10.5. The first-order chi connectivity index (χ1) is 6.15. The molecule has 1 aromatic carbocycles. The smallest absolute Gasteiger partial charge is 0.311 e. The third-order valence-electron chi connectivity index (χ3n) is 1.40. The van der Waals surface area contributed by atoms with Gasteiger partial charge in [-0.1, -0.05) is 5.16 Å². The Morgan fingerprint density at radius 3 is 2.77 bits per heavy atom. The van der Waals surface area contributed by atoms with Gasteiger partial charge in [-0.3, -0.25) is 10.1 Å². The maximum atomic E-state index is 10.3. The van der Waals surface area contributed by atoms with E-state index in [2.05, 4.69) is 5.16 Å². The zero-order chi connectivity index (χ0) is 9.84. The van der Waals surface area contributed by atoms with Gasteiger partial charge in [0.05, 0.1) is 11.1 Å². The Morgan fingerprint density at radius 2 is 2.23 bits per heavy atom. The van der Waals surface area contributed by atoms with Gasteiger partial charge in [-0.05, 0) is 12.1 Å². The van der Waals surface area contributed by atoms with Crippen LogP contribution in [0.3, 0.4) is 0 Å². The molecule has 0 atom stereocenters. The van der Waals surface area contributed by atoms with Crippen molar-refractivity contribution in [3.05, 3.63) is 33.9 Å². The van der Waals surface area contributed by atoms with E-state index in [-0.39, 0.29) is 0 Å². The summed E-state index contributed by atoms with van der Waals surface area (Å²) in [5.41, 5.74) is -0.0793. The van der Waals surface area contributed by atoms with Crippen LogP contribution in [0.15, 0.2) is 23.4 Å². The maximum Gasteiger partial charge on any atom is 0.311 e. The summed E-state index contributed by atoms with van der Waals surface area (Å²) in [6.45, 7) is 0. The topological polar surface area (TPSA) is 96.0 Å². The molecule has 6 nitrogen and oxygen atoms in total. The Labute approximate surface area is 72.9 Å². The first kappa shape index (κ1) is 8.98. The lowest BCUT2D eigenvalue weighted by Crippen LogP contribution is -1.90. The third-order valence-corrected chi connectivity index (χ3v) is 1.40. The number of rotatable bonds is 2. The highest BCUT2D eigenvalue weighted by Gasteiger charge is 2.12. The summed E-state index contributed by atoms with van der Waals surface area (Å²) in [7, 11) is 0. The number of aromatic hydroxyl groups is 1. The molecule has 6 heteroatoms. The minimum absolute atomic E-state index is 0.340. The largest absolute Gasteiger partial charge is 0.502 e. The van der Waals surface area contributed by atoms with E-state index in [4.69, 9.17) is 10.3 Å². The van der Waals surface area contributed by atoms with Gasteiger partial charge in [0.2, 0.25) is 0 Å². The van der Waals surface area contributed by atoms with Gasteiger partial charge in [0, 0.05) is 11.6 Å².